The number of rotatable bonds is 1. The molecule has 7 N–H and O–H groups in total. The van der Waals surface area contributed by atoms with E-state index in [4.69, 9.17) is 5.41 Å². The van der Waals surface area contributed by atoms with Crippen LogP contribution >= 0.6 is 0 Å². The van der Waals surface area contributed by atoms with Crippen LogP contribution in [0.1, 0.15) is 0 Å². The molecule has 0 bridgehead atoms. The van der Waals surface area contributed by atoms with E-state index in [0.717, 1.165) is 0 Å². The molecule has 0 aromatic rings. The molecule has 0 aromatic heterocycles. The fraction of sp³-hybridized carbons (Fsp3) is 0.200. The van der Waals surface area contributed by atoms with Gasteiger partial charge in [0.15, 0.2) is 5.96 Å². The highest BCUT2D eigenvalue weighted by atomic mass is 16.6. The van der Waals surface area contributed by atoms with E-state index < -0.39 is 28.8 Å². The van der Waals surface area contributed by atoms with Crippen molar-refractivity contribution in [2.45, 2.75) is 6.04 Å². The highest BCUT2D eigenvalue weighted by molar-refractivity contribution is 6.17. The molecule has 11 nitrogen and oxygen atoms in total. The molecule has 0 radical (unpaired) electrons. The van der Waals surface area contributed by atoms with Crippen LogP contribution in [0.25, 0.3) is 0 Å². The van der Waals surface area contributed by atoms with Gasteiger partial charge in [-0.15, -0.1) is 0 Å². The first-order valence-corrected chi connectivity index (χ1v) is 3.64. The Morgan fingerprint density at radius 3 is 1.81 bits per heavy atom. The maximum absolute atomic E-state index is 10.6. The number of nitrogens with one attached hydrogen (secondary N) is 3. The molecule has 16 heavy (non-hydrogen) atoms. The van der Waals surface area contributed by atoms with E-state index in [1.807, 2.05) is 0 Å². The Morgan fingerprint density at radius 1 is 1.25 bits per heavy atom. The molecule has 11 heteroatoms. The Bertz CT molecular complexity index is 340. The molecule has 1 aliphatic heterocycles. The third-order valence-electron chi connectivity index (χ3n) is 1.18. The number of urea groups is 1. The smallest absolute Gasteiger partial charge is 0.366 e. The standard InChI is InChI=1S/C4H3N3O5.CH5N3/c8-2-1(7(11)12)3(9)6-4(10)5-2;2-1(3)4/h1H,(H2,5,6,8,9,10);(H5,2,3,4). The van der Waals surface area contributed by atoms with Crippen LogP contribution in [0.4, 0.5) is 4.79 Å². The molecule has 1 saturated heterocycles. The van der Waals surface area contributed by atoms with Crippen LogP contribution in [0.15, 0.2) is 0 Å². The molecule has 4 amide bonds. The first-order valence-electron chi connectivity index (χ1n) is 3.64. The summed E-state index contributed by atoms with van der Waals surface area (Å²) in [7, 11) is 0. The fourth-order valence-corrected chi connectivity index (χ4v) is 0.702. The van der Waals surface area contributed by atoms with Gasteiger partial charge in [0, 0.05) is 4.92 Å². The summed E-state index contributed by atoms with van der Waals surface area (Å²) >= 11 is 0. The molecule has 0 saturated carbocycles. The van der Waals surface area contributed by atoms with E-state index in [1.54, 1.807) is 10.6 Å². The molecule has 0 aliphatic carbocycles. The van der Waals surface area contributed by atoms with Gasteiger partial charge in [-0.05, 0) is 0 Å². The lowest BCUT2D eigenvalue weighted by Crippen LogP contribution is -2.61. The van der Waals surface area contributed by atoms with Gasteiger partial charge in [-0.2, -0.15) is 0 Å². The third-order valence-corrected chi connectivity index (χ3v) is 1.18. The summed E-state index contributed by atoms with van der Waals surface area (Å²) < 4.78 is 0. The second-order valence-electron chi connectivity index (χ2n) is 2.45. The largest absolute Gasteiger partial charge is 0.370 e. The molecule has 1 rings (SSSR count). The number of guanidine groups is 1. The van der Waals surface area contributed by atoms with E-state index >= 15 is 0 Å². The monoisotopic (exact) mass is 232 g/mol. The summed E-state index contributed by atoms with van der Waals surface area (Å²) in [4.78, 5) is 40.6. The van der Waals surface area contributed by atoms with Gasteiger partial charge in [0.05, 0.1) is 0 Å². The summed E-state index contributed by atoms with van der Waals surface area (Å²) in [5.74, 6) is -2.76. The Balaban J connectivity index is 0.000000487. The zero-order valence-corrected chi connectivity index (χ0v) is 7.72. The number of nitro groups is 1. The first-order chi connectivity index (χ1) is 7.25. The molecule has 1 aliphatic rings. The zero-order chi connectivity index (χ0) is 12.9. The lowest BCUT2D eigenvalue weighted by atomic mass is 10.2. The lowest BCUT2D eigenvalue weighted by Gasteiger charge is -2.13. The second-order valence-corrected chi connectivity index (χ2v) is 2.45. The van der Waals surface area contributed by atoms with Crippen LogP contribution in [0.2, 0.25) is 0 Å². The number of carbonyl (C=O) groups is 3. The molecule has 88 valence electrons. The van der Waals surface area contributed by atoms with Gasteiger partial charge in [-0.3, -0.25) is 35.7 Å². The third kappa shape index (κ3) is 3.99. The zero-order valence-electron chi connectivity index (χ0n) is 7.72. The molecule has 0 aromatic carbocycles. The highest BCUT2D eigenvalue weighted by Gasteiger charge is 2.43. The minimum Gasteiger partial charge on any atom is -0.370 e. The van der Waals surface area contributed by atoms with Crippen molar-refractivity contribution in [2.75, 3.05) is 0 Å². The van der Waals surface area contributed by atoms with Gasteiger partial charge in [-0.25, -0.2) is 4.79 Å². The van der Waals surface area contributed by atoms with E-state index in [9.17, 15) is 24.5 Å². The van der Waals surface area contributed by atoms with Gasteiger partial charge in [0.1, 0.15) is 0 Å². The van der Waals surface area contributed by atoms with E-state index in [2.05, 4.69) is 11.5 Å². The minimum atomic E-state index is -2.03. The maximum Gasteiger partial charge on any atom is 0.366 e. The number of imide groups is 2. The van der Waals surface area contributed by atoms with Crippen LogP contribution in [0.5, 0.6) is 0 Å². The number of nitrogens with zero attached hydrogens (tertiary/aromatic N) is 1. The number of amides is 4. The number of nitrogens with two attached hydrogens (primary N) is 2. The number of carbonyl (C=O) groups excluding carboxylic acids is 3. The van der Waals surface area contributed by atoms with E-state index in [0.29, 0.717) is 0 Å². The number of hydrogen-bond donors (Lipinski definition) is 5. The Morgan fingerprint density at radius 2 is 1.56 bits per heavy atom. The molecule has 1 heterocycles. The maximum atomic E-state index is 10.6. The Labute approximate surface area is 87.8 Å². The van der Waals surface area contributed by atoms with Gasteiger partial charge in [0.25, 0.3) is 0 Å². The second kappa shape index (κ2) is 5.23. The van der Waals surface area contributed by atoms with Crippen LogP contribution < -0.4 is 22.1 Å². The van der Waals surface area contributed by atoms with Crippen molar-refractivity contribution < 1.29 is 19.3 Å². The van der Waals surface area contributed by atoms with Crippen molar-refractivity contribution in [1.82, 2.24) is 10.6 Å². The van der Waals surface area contributed by atoms with Crippen molar-refractivity contribution in [3.8, 4) is 0 Å². The molecule has 1 fully saturated rings. The average Bonchev–Trinajstić information content (AvgIpc) is 1.98. The van der Waals surface area contributed by atoms with E-state index in [1.165, 1.54) is 0 Å². The SMILES string of the molecule is N=C(N)N.O=C1NC(=O)C([N+](=O)[O-])C(=O)N1. The van der Waals surface area contributed by atoms with Crippen LogP contribution in [-0.2, 0) is 9.59 Å². The average molecular weight is 232 g/mol. The van der Waals surface area contributed by atoms with Crippen molar-refractivity contribution in [1.29, 1.82) is 5.41 Å². The minimum absolute atomic E-state index is 0.333. The predicted octanol–water partition coefficient (Wildman–Crippen LogP) is -3.16. The fourth-order valence-electron chi connectivity index (χ4n) is 0.702. The normalized spacial score (nSPS) is 15.4. The molecule has 0 atom stereocenters. The van der Waals surface area contributed by atoms with Gasteiger partial charge in [0.2, 0.25) is 0 Å². The van der Waals surface area contributed by atoms with Crippen molar-refractivity contribution in [3.05, 3.63) is 10.1 Å². The van der Waals surface area contributed by atoms with Crippen molar-refractivity contribution in [3.63, 3.8) is 0 Å². The van der Waals surface area contributed by atoms with Gasteiger partial charge >= 0.3 is 23.9 Å². The summed E-state index contributed by atoms with van der Waals surface area (Å²) in [6.45, 7) is 0. The lowest BCUT2D eigenvalue weighted by molar-refractivity contribution is -0.494. The molecular weight excluding hydrogens is 224 g/mol. The van der Waals surface area contributed by atoms with Crippen LogP contribution in [0.3, 0.4) is 0 Å². The van der Waals surface area contributed by atoms with Gasteiger partial charge in [-0.1, -0.05) is 0 Å². The molecule has 0 unspecified atom stereocenters. The Hall–Kier alpha value is -2.72. The molecular formula is C5H8N6O5. The topological polar surface area (TPSA) is 194 Å². The summed E-state index contributed by atoms with van der Waals surface area (Å²) in [5, 5.41) is 19.3. The van der Waals surface area contributed by atoms with E-state index in [-0.39, 0.29) is 5.96 Å². The van der Waals surface area contributed by atoms with Gasteiger partial charge < -0.3 is 11.5 Å². The quantitative estimate of drug-likeness (QED) is 0.103. The number of hydrogen-bond acceptors (Lipinski definition) is 6. The van der Waals surface area contributed by atoms with Crippen molar-refractivity contribution >= 4 is 23.8 Å². The summed E-state index contributed by atoms with van der Waals surface area (Å²) in [5.41, 5.74) is 8.94. The number of barbiturate groups is 1. The highest BCUT2D eigenvalue weighted by Crippen LogP contribution is 1.95. The Kier molecular flexibility index (Phi) is 4.34. The van der Waals surface area contributed by atoms with Crippen LogP contribution in [0, 0.1) is 15.5 Å². The molecule has 0 spiro atoms. The first kappa shape index (κ1) is 13.3. The summed E-state index contributed by atoms with van der Waals surface area (Å²) in [6.07, 6.45) is 0. The predicted molar refractivity (Wildman–Crippen MR) is 48.6 cm³/mol. The summed E-state index contributed by atoms with van der Waals surface area (Å²) in [6, 6.07) is -3.06. The van der Waals surface area contributed by atoms with Crippen molar-refractivity contribution in [2.24, 2.45) is 11.5 Å². The van der Waals surface area contributed by atoms with Crippen LogP contribution in [-0.4, -0.2) is 34.8 Å².